The number of nitro groups is 1. The smallest absolute Gasteiger partial charge is 0.270 e. The van der Waals surface area contributed by atoms with Gasteiger partial charge in [-0.1, -0.05) is 30.3 Å². The number of carbonyl (C=O) groups is 1. The summed E-state index contributed by atoms with van der Waals surface area (Å²) in [5.41, 5.74) is 1.31. The number of fused-ring (bicyclic) bond motifs is 1. The Bertz CT molecular complexity index is 987. The quantitative estimate of drug-likeness (QED) is 0.539. The molecule has 1 aromatic heterocycles. The molecule has 2 heterocycles. The van der Waals surface area contributed by atoms with E-state index in [9.17, 15) is 14.9 Å². The average molecular weight is 381 g/mol. The van der Waals surface area contributed by atoms with Crippen LogP contribution in [0.5, 0.6) is 0 Å². The maximum atomic E-state index is 12.6. The Labute approximate surface area is 160 Å². The lowest BCUT2D eigenvalue weighted by Crippen LogP contribution is -2.36. The number of amides is 1. The standard InChI is InChI=1S/C20H19N3O3S/c24-20(19-11-15-10-17(23(25)26)6-7-18(15)27-19)21-16-8-9-22(13-16)12-14-4-2-1-3-5-14/h1-7,10-11,16H,8-9,12-13H2,(H,21,24). The molecule has 0 radical (unpaired) electrons. The number of nitrogens with one attached hydrogen (secondary N) is 1. The van der Waals surface area contributed by atoms with Crippen molar-refractivity contribution in [3.8, 4) is 0 Å². The minimum absolute atomic E-state index is 0.0413. The molecule has 1 fully saturated rings. The molecule has 138 valence electrons. The Kier molecular flexibility index (Phi) is 4.87. The van der Waals surface area contributed by atoms with E-state index < -0.39 is 4.92 Å². The van der Waals surface area contributed by atoms with Crippen molar-refractivity contribution in [3.05, 3.63) is 75.2 Å². The number of rotatable bonds is 5. The monoisotopic (exact) mass is 381 g/mol. The van der Waals surface area contributed by atoms with Crippen LogP contribution in [0.25, 0.3) is 10.1 Å². The van der Waals surface area contributed by atoms with Gasteiger partial charge in [0, 0.05) is 47.9 Å². The van der Waals surface area contributed by atoms with Crippen LogP contribution in [0, 0.1) is 10.1 Å². The van der Waals surface area contributed by atoms with Gasteiger partial charge in [-0.3, -0.25) is 19.8 Å². The van der Waals surface area contributed by atoms with Gasteiger partial charge in [-0.05, 0) is 24.1 Å². The molecule has 27 heavy (non-hydrogen) atoms. The predicted molar refractivity (Wildman–Crippen MR) is 106 cm³/mol. The molecule has 7 heteroatoms. The molecule has 0 spiro atoms. The van der Waals surface area contributed by atoms with Crippen molar-refractivity contribution in [1.29, 1.82) is 0 Å². The van der Waals surface area contributed by atoms with Crippen LogP contribution in [-0.4, -0.2) is 34.9 Å². The number of non-ortho nitro benzene ring substituents is 1. The van der Waals surface area contributed by atoms with Crippen LogP contribution in [0.3, 0.4) is 0 Å². The van der Waals surface area contributed by atoms with Crippen molar-refractivity contribution in [1.82, 2.24) is 10.2 Å². The maximum absolute atomic E-state index is 12.6. The third-order valence-corrected chi connectivity index (χ3v) is 5.91. The van der Waals surface area contributed by atoms with Gasteiger partial charge in [0.15, 0.2) is 0 Å². The molecule has 1 atom stereocenters. The van der Waals surface area contributed by atoms with Gasteiger partial charge in [-0.2, -0.15) is 0 Å². The second kappa shape index (κ2) is 7.46. The van der Waals surface area contributed by atoms with Crippen molar-refractivity contribution in [2.45, 2.75) is 19.0 Å². The Balaban J connectivity index is 1.39. The molecule has 3 aromatic rings. The van der Waals surface area contributed by atoms with Gasteiger partial charge in [0.1, 0.15) is 0 Å². The first kappa shape index (κ1) is 17.6. The fourth-order valence-electron chi connectivity index (χ4n) is 3.45. The normalized spacial score (nSPS) is 17.3. The summed E-state index contributed by atoms with van der Waals surface area (Å²) in [5.74, 6) is -0.106. The van der Waals surface area contributed by atoms with Gasteiger partial charge in [0.2, 0.25) is 0 Å². The van der Waals surface area contributed by atoms with Crippen LogP contribution in [-0.2, 0) is 6.54 Å². The SMILES string of the molecule is O=C(NC1CCN(Cc2ccccc2)C1)c1cc2cc([N+](=O)[O-])ccc2s1. The summed E-state index contributed by atoms with van der Waals surface area (Å²) < 4.78 is 0.878. The molecule has 1 amide bonds. The largest absolute Gasteiger partial charge is 0.347 e. The number of hydrogen-bond acceptors (Lipinski definition) is 5. The summed E-state index contributed by atoms with van der Waals surface area (Å²) in [5, 5.41) is 14.7. The molecule has 1 N–H and O–H groups in total. The summed E-state index contributed by atoms with van der Waals surface area (Å²) in [6, 6.07) is 16.9. The zero-order chi connectivity index (χ0) is 18.8. The molecule has 1 aliphatic rings. The number of thiophene rings is 1. The molecule has 0 saturated carbocycles. The zero-order valence-electron chi connectivity index (χ0n) is 14.6. The molecule has 6 nitrogen and oxygen atoms in total. The Hall–Kier alpha value is -2.77. The summed E-state index contributed by atoms with van der Waals surface area (Å²) >= 11 is 1.36. The highest BCUT2D eigenvalue weighted by molar-refractivity contribution is 7.20. The van der Waals surface area contributed by atoms with Crippen LogP contribution in [0.15, 0.2) is 54.6 Å². The molecule has 0 aliphatic carbocycles. The van der Waals surface area contributed by atoms with E-state index in [0.29, 0.717) is 4.88 Å². The zero-order valence-corrected chi connectivity index (χ0v) is 15.4. The van der Waals surface area contributed by atoms with Gasteiger partial charge in [-0.25, -0.2) is 0 Å². The lowest BCUT2D eigenvalue weighted by molar-refractivity contribution is -0.384. The molecule has 1 saturated heterocycles. The van der Waals surface area contributed by atoms with Gasteiger partial charge in [0.25, 0.3) is 11.6 Å². The van der Waals surface area contributed by atoms with E-state index >= 15 is 0 Å². The fraction of sp³-hybridized carbons (Fsp3) is 0.250. The lowest BCUT2D eigenvalue weighted by Gasteiger charge is -2.16. The number of benzene rings is 2. The Morgan fingerprint density at radius 3 is 2.81 bits per heavy atom. The topological polar surface area (TPSA) is 75.5 Å². The maximum Gasteiger partial charge on any atom is 0.270 e. The second-order valence-electron chi connectivity index (χ2n) is 6.77. The van der Waals surface area contributed by atoms with Crippen molar-refractivity contribution in [3.63, 3.8) is 0 Å². The number of nitro benzene ring substituents is 1. The average Bonchev–Trinajstić information content (AvgIpc) is 3.28. The van der Waals surface area contributed by atoms with Crippen LogP contribution >= 0.6 is 11.3 Å². The van der Waals surface area contributed by atoms with E-state index in [0.717, 1.165) is 36.1 Å². The van der Waals surface area contributed by atoms with Crippen LogP contribution < -0.4 is 5.32 Å². The Morgan fingerprint density at radius 1 is 1.22 bits per heavy atom. The molecule has 1 unspecified atom stereocenters. The third kappa shape index (κ3) is 3.99. The van der Waals surface area contributed by atoms with E-state index in [2.05, 4.69) is 22.3 Å². The van der Waals surface area contributed by atoms with E-state index in [1.54, 1.807) is 12.1 Å². The minimum Gasteiger partial charge on any atom is -0.347 e. The second-order valence-corrected chi connectivity index (χ2v) is 7.85. The highest BCUT2D eigenvalue weighted by Gasteiger charge is 2.25. The van der Waals surface area contributed by atoms with Crippen LogP contribution in [0.2, 0.25) is 0 Å². The fourth-order valence-corrected chi connectivity index (χ4v) is 4.39. The first-order chi connectivity index (χ1) is 13.1. The van der Waals surface area contributed by atoms with Gasteiger partial charge in [-0.15, -0.1) is 11.3 Å². The number of likely N-dealkylation sites (tertiary alicyclic amines) is 1. The Morgan fingerprint density at radius 2 is 2.04 bits per heavy atom. The molecule has 1 aliphatic heterocycles. The third-order valence-electron chi connectivity index (χ3n) is 4.79. The van der Waals surface area contributed by atoms with Crippen molar-refractivity contribution < 1.29 is 9.72 Å². The van der Waals surface area contributed by atoms with E-state index in [-0.39, 0.29) is 17.6 Å². The first-order valence-corrected chi connectivity index (χ1v) is 9.65. The molecular formula is C20H19N3O3S. The summed E-state index contributed by atoms with van der Waals surface area (Å²) in [6.45, 7) is 2.68. The van der Waals surface area contributed by atoms with Crippen LogP contribution in [0.1, 0.15) is 21.7 Å². The minimum atomic E-state index is -0.420. The van der Waals surface area contributed by atoms with Gasteiger partial charge < -0.3 is 5.32 Å². The van der Waals surface area contributed by atoms with Crippen LogP contribution in [0.4, 0.5) is 5.69 Å². The highest BCUT2D eigenvalue weighted by atomic mass is 32.1. The van der Waals surface area contributed by atoms with E-state index in [1.807, 2.05) is 18.2 Å². The lowest BCUT2D eigenvalue weighted by atomic mass is 10.2. The van der Waals surface area contributed by atoms with E-state index in [4.69, 9.17) is 0 Å². The summed E-state index contributed by atoms with van der Waals surface area (Å²) in [7, 11) is 0. The molecule has 4 rings (SSSR count). The van der Waals surface area contributed by atoms with Gasteiger partial charge in [0.05, 0.1) is 9.80 Å². The molecular weight excluding hydrogens is 362 g/mol. The summed E-state index contributed by atoms with van der Waals surface area (Å²) in [4.78, 5) is 26.0. The van der Waals surface area contributed by atoms with Gasteiger partial charge >= 0.3 is 0 Å². The van der Waals surface area contributed by atoms with Crippen molar-refractivity contribution in [2.24, 2.45) is 0 Å². The molecule has 2 aromatic carbocycles. The number of carbonyl (C=O) groups excluding carboxylic acids is 1. The molecule has 0 bridgehead atoms. The number of hydrogen-bond donors (Lipinski definition) is 1. The highest BCUT2D eigenvalue weighted by Crippen LogP contribution is 2.29. The first-order valence-electron chi connectivity index (χ1n) is 8.83. The van der Waals surface area contributed by atoms with E-state index in [1.165, 1.54) is 29.0 Å². The predicted octanol–water partition coefficient (Wildman–Crippen LogP) is 3.81. The van der Waals surface area contributed by atoms with Crippen molar-refractivity contribution in [2.75, 3.05) is 13.1 Å². The van der Waals surface area contributed by atoms with Crippen molar-refractivity contribution >= 4 is 33.0 Å². The summed E-state index contributed by atoms with van der Waals surface area (Å²) in [6.07, 6.45) is 0.926. The number of nitrogens with zero attached hydrogens (tertiary/aromatic N) is 2.